The maximum atomic E-state index is 12.3. The molecule has 1 heterocycles. The first kappa shape index (κ1) is 14.8. The van der Waals surface area contributed by atoms with Crippen molar-refractivity contribution in [2.45, 2.75) is 13.8 Å². The number of anilines is 2. The van der Waals surface area contributed by atoms with E-state index in [1.807, 2.05) is 62.4 Å². The van der Waals surface area contributed by atoms with Gasteiger partial charge in [-0.15, -0.1) is 5.10 Å². The molecule has 3 aromatic rings. The van der Waals surface area contributed by atoms with E-state index in [-0.39, 0.29) is 17.4 Å². The molecule has 23 heavy (non-hydrogen) atoms. The van der Waals surface area contributed by atoms with Crippen LogP contribution in [0.5, 0.6) is 0 Å². The van der Waals surface area contributed by atoms with Gasteiger partial charge in [0.05, 0.1) is 5.69 Å². The van der Waals surface area contributed by atoms with E-state index >= 15 is 0 Å². The molecule has 0 aliphatic rings. The fraction of sp³-hybridized carbons (Fsp3) is 0.118. The van der Waals surface area contributed by atoms with Crippen LogP contribution in [0.4, 0.5) is 11.5 Å². The van der Waals surface area contributed by atoms with Crippen molar-refractivity contribution in [2.75, 3.05) is 11.1 Å². The summed E-state index contributed by atoms with van der Waals surface area (Å²) in [7, 11) is 0. The molecule has 1 amide bonds. The maximum Gasteiger partial charge on any atom is 0.280 e. The predicted molar refractivity (Wildman–Crippen MR) is 89.6 cm³/mol. The lowest BCUT2D eigenvalue weighted by molar-refractivity contribution is 0.102. The third-order valence-corrected chi connectivity index (χ3v) is 3.57. The van der Waals surface area contributed by atoms with E-state index in [2.05, 4.69) is 15.6 Å². The van der Waals surface area contributed by atoms with Gasteiger partial charge in [-0.2, -0.15) is 4.68 Å². The van der Waals surface area contributed by atoms with Gasteiger partial charge in [-0.3, -0.25) is 4.79 Å². The Balaban J connectivity index is 1.88. The minimum absolute atomic E-state index is 0.105. The third-order valence-electron chi connectivity index (χ3n) is 3.57. The van der Waals surface area contributed by atoms with Gasteiger partial charge in [0, 0.05) is 5.69 Å². The number of hydrogen-bond acceptors (Lipinski definition) is 4. The van der Waals surface area contributed by atoms with Crippen LogP contribution < -0.4 is 11.1 Å². The smallest absolute Gasteiger partial charge is 0.280 e. The number of aromatic nitrogens is 3. The predicted octanol–water partition coefficient (Wildman–Crippen LogP) is 2.72. The van der Waals surface area contributed by atoms with Crippen molar-refractivity contribution >= 4 is 17.4 Å². The summed E-state index contributed by atoms with van der Waals surface area (Å²) in [5, 5.41) is 10.7. The monoisotopic (exact) mass is 307 g/mol. The summed E-state index contributed by atoms with van der Waals surface area (Å²) >= 11 is 0. The first-order chi connectivity index (χ1) is 11.1. The van der Waals surface area contributed by atoms with Crippen molar-refractivity contribution in [1.29, 1.82) is 0 Å². The van der Waals surface area contributed by atoms with E-state index in [4.69, 9.17) is 5.73 Å². The molecule has 2 aromatic carbocycles. The van der Waals surface area contributed by atoms with Gasteiger partial charge in [0.15, 0.2) is 11.5 Å². The number of nitrogens with zero attached hydrogens (tertiary/aromatic N) is 3. The molecule has 0 atom stereocenters. The summed E-state index contributed by atoms with van der Waals surface area (Å²) in [6.45, 7) is 3.93. The topological polar surface area (TPSA) is 85.8 Å². The third kappa shape index (κ3) is 2.91. The lowest BCUT2D eigenvalue weighted by Crippen LogP contribution is -2.15. The van der Waals surface area contributed by atoms with Crippen molar-refractivity contribution in [1.82, 2.24) is 15.0 Å². The molecule has 0 saturated heterocycles. The van der Waals surface area contributed by atoms with Crippen molar-refractivity contribution < 1.29 is 4.79 Å². The molecule has 1 aromatic heterocycles. The van der Waals surface area contributed by atoms with Crippen molar-refractivity contribution in [3.05, 3.63) is 65.4 Å². The molecule has 3 rings (SSSR count). The number of carbonyl (C=O) groups excluding carboxylic acids is 1. The molecular weight excluding hydrogens is 290 g/mol. The van der Waals surface area contributed by atoms with E-state index in [1.54, 1.807) is 0 Å². The largest absolute Gasteiger partial charge is 0.382 e. The van der Waals surface area contributed by atoms with E-state index < -0.39 is 0 Å². The van der Waals surface area contributed by atoms with Gasteiger partial charge >= 0.3 is 0 Å². The molecule has 6 nitrogen and oxygen atoms in total. The summed E-state index contributed by atoms with van der Waals surface area (Å²) in [5.41, 5.74) is 9.76. The lowest BCUT2D eigenvalue weighted by atomic mass is 10.2. The van der Waals surface area contributed by atoms with Crippen LogP contribution in [0.1, 0.15) is 21.6 Å². The Hall–Kier alpha value is -3.15. The lowest BCUT2D eigenvalue weighted by Gasteiger charge is -2.07. The molecular formula is C17H17N5O. The highest BCUT2D eigenvalue weighted by molar-refractivity contribution is 6.05. The zero-order chi connectivity index (χ0) is 16.4. The van der Waals surface area contributed by atoms with Gasteiger partial charge in [-0.25, -0.2) is 0 Å². The summed E-state index contributed by atoms with van der Waals surface area (Å²) in [6.07, 6.45) is 0. The molecule has 0 spiro atoms. The summed E-state index contributed by atoms with van der Waals surface area (Å²) in [6, 6.07) is 15.1. The van der Waals surface area contributed by atoms with Crippen molar-refractivity contribution in [3.8, 4) is 5.69 Å². The van der Waals surface area contributed by atoms with Gasteiger partial charge in [-0.05, 0) is 37.6 Å². The summed E-state index contributed by atoms with van der Waals surface area (Å²) in [4.78, 5) is 12.3. The van der Waals surface area contributed by atoms with Crippen LogP contribution in [0.25, 0.3) is 5.69 Å². The van der Waals surface area contributed by atoms with Gasteiger partial charge in [0.25, 0.3) is 5.91 Å². The first-order valence-corrected chi connectivity index (χ1v) is 7.21. The number of rotatable bonds is 3. The molecule has 0 aliphatic heterocycles. The van der Waals surface area contributed by atoms with Gasteiger partial charge in [0.1, 0.15) is 0 Å². The zero-order valence-corrected chi connectivity index (χ0v) is 12.9. The number of amides is 1. The molecule has 0 unspecified atom stereocenters. The average molecular weight is 307 g/mol. The standard InChI is InChI=1S/C17H17N5O/c1-11-7-9-13(10-8-11)19-17(23)15-16(18)22(21-20-15)14-6-4-3-5-12(14)2/h3-10H,18H2,1-2H3,(H,19,23). The van der Waals surface area contributed by atoms with Crippen LogP contribution in [-0.4, -0.2) is 20.9 Å². The van der Waals surface area contributed by atoms with Crippen LogP contribution in [0.15, 0.2) is 48.5 Å². The zero-order valence-electron chi connectivity index (χ0n) is 12.9. The summed E-state index contributed by atoms with van der Waals surface area (Å²) in [5.74, 6) is -0.171. The van der Waals surface area contributed by atoms with Gasteiger partial charge in [-0.1, -0.05) is 41.1 Å². The maximum absolute atomic E-state index is 12.3. The average Bonchev–Trinajstić information content (AvgIpc) is 2.92. The molecule has 0 bridgehead atoms. The molecule has 3 N–H and O–H groups in total. The number of nitrogens with one attached hydrogen (secondary N) is 1. The van der Waals surface area contributed by atoms with E-state index in [1.165, 1.54) is 4.68 Å². The number of carbonyl (C=O) groups is 1. The highest BCUT2D eigenvalue weighted by Crippen LogP contribution is 2.19. The minimum atomic E-state index is -0.383. The second kappa shape index (κ2) is 5.92. The number of aryl methyl sites for hydroxylation is 2. The Morgan fingerprint density at radius 1 is 1.09 bits per heavy atom. The number of para-hydroxylation sites is 1. The quantitative estimate of drug-likeness (QED) is 0.779. The number of hydrogen-bond donors (Lipinski definition) is 2. The van der Waals surface area contributed by atoms with Crippen LogP contribution in [0.2, 0.25) is 0 Å². The Labute approximate surface area is 133 Å². The molecule has 116 valence electrons. The Kier molecular flexibility index (Phi) is 3.80. The van der Waals surface area contributed by atoms with Crippen molar-refractivity contribution in [2.24, 2.45) is 0 Å². The van der Waals surface area contributed by atoms with E-state index in [9.17, 15) is 4.79 Å². The molecule has 0 fully saturated rings. The van der Waals surface area contributed by atoms with Gasteiger partial charge < -0.3 is 11.1 Å². The number of nitrogen functional groups attached to an aromatic ring is 1. The van der Waals surface area contributed by atoms with E-state index in [0.717, 1.165) is 16.8 Å². The second-order valence-corrected chi connectivity index (χ2v) is 5.34. The van der Waals surface area contributed by atoms with Crippen LogP contribution in [0.3, 0.4) is 0 Å². The first-order valence-electron chi connectivity index (χ1n) is 7.21. The second-order valence-electron chi connectivity index (χ2n) is 5.34. The summed E-state index contributed by atoms with van der Waals surface area (Å²) < 4.78 is 1.47. The van der Waals surface area contributed by atoms with Crippen molar-refractivity contribution in [3.63, 3.8) is 0 Å². The Morgan fingerprint density at radius 3 is 2.48 bits per heavy atom. The number of benzene rings is 2. The fourth-order valence-electron chi connectivity index (χ4n) is 2.26. The van der Waals surface area contributed by atoms with Crippen LogP contribution in [-0.2, 0) is 0 Å². The Morgan fingerprint density at radius 2 is 1.78 bits per heavy atom. The van der Waals surface area contributed by atoms with Crippen LogP contribution >= 0.6 is 0 Å². The molecule has 6 heteroatoms. The molecule has 0 radical (unpaired) electrons. The SMILES string of the molecule is Cc1ccc(NC(=O)c2nnn(-c3ccccc3C)c2N)cc1. The fourth-order valence-corrected chi connectivity index (χ4v) is 2.26. The van der Waals surface area contributed by atoms with Gasteiger partial charge in [0.2, 0.25) is 0 Å². The minimum Gasteiger partial charge on any atom is -0.382 e. The number of nitrogens with two attached hydrogens (primary N) is 1. The highest BCUT2D eigenvalue weighted by atomic mass is 16.2. The Bertz CT molecular complexity index is 852. The van der Waals surface area contributed by atoms with Crippen LogP contribution in [0, 0.1) is 13.8 Å². The highest BCUT2D eigenvalue weighted by Gasteiger charge is 2.19. The normalized spacial score (nSPS) is 10.5. The molecule has 0 aliphatic carbocycles. The van der Waals surface area contributed by atoms with E-state index in [0.29, 0.717) is 5.69 Å². The molecule has 0 saturated carbocycles.